The maximum absolute atomic E-state index is 13.6. The number of ketones is 1. The van der Waals surface area contributed by atoms with Gasteiger partial charge in [-0.05, 0) is 111 Å². The summed E-state index contributed by atoms with van der Waals surface area (Å²) in [6.07, 6.45) is 12.5. The summed E-state index contributed by atoms with van der Waals surface area (Å²) in [5.74, 6) is 0.547. The summed E-state index contributed by atoms with van der Waals surface area (Å²) in [7, 11) is 1.93. The maximum Gasteiger partial charge on any atom is 0.157 e. The van der Waals surface area contributed by atoms with Crippen molar-refractivity contribution in [1.29, 1.82) is 0 Å². The normalized spacial score (nSPS) is 51.5. The fourth-order valence-corrected chi connectivity index (χ4v) is 10.9. The lowest BCUT2D eigenvalue weighted by molar-refractivity contribution is -0.297. The van der Waals surface area contributed by atoms with Gasteiger partial charge in [0, 0.05) is 25.8 Å². The van der Waals surface area contributed by atoms with Crippen molar-refractivity contribution in [1.82, 2.24) is 5.01 Å². The molecule has 8 atom stereocenters. The molecule has 35 heavy (non-hydrogen) atoms. The highest BCUT2D eigenvalue weighted by atomic mass is 16.5. The number of carbonyl (C=O) groups is 1. The van der Waals surface area contributed by atoms with Crippen molar-refractivity contribution in [2.24, 2.45) is 43.5 Å². The van der Waals surface area contributed by atoms with Crippen LogP contribution in [-0.4, -0.2) is 42.8 Å². The van der Waals surface area contributed by atoms with Crippen LogP contribution >= 0.6 is 0 Å². The number of hydrazone groups is 1. The van der Waals surface area contributed by atoms with Crippen LogP contribution in [0.5, 0.6) is 0 Å². The molecule has 0 aliphatic heterocycles. The molecule has 4 heteroatoms. The predicted octanol–water partition coefficient (Wildman–Crippen LogP) is 7.51. The molecule has 4 aliphatic carbocycles. The minimum Gasteiger partial charge on any atom is -0.376 e. The minimum atomic E-state index is 0.0120. The maximum atomic E-state index is 13.6. The van der Waals surface area contributed by atoms with E-state index in [1.165, 1.54) is 44.9 Å². The summed E-state index contributed by atoms with van der Waals surface area (Å²) in [6.45, 7) is 23.3. The van der Waals surface area contributed by atoms with Gasteiger partial charge in [-0.2, -0.15) is 5.10 Å². The van der Waals surface area contributed by atoms with E-state index in [0.29, 0.717) is 17.7 Å². The van der Waals surface area contributed by atoms with Crippen LogP contribution in [0, 0.1) is 38.4 Å². The highest BCUT2D eigenvalue weighted by Crippen LogP contribution is 2.84. The van der Waals surface area contributed by atoms with Crippen LogP contribution in [0.15, 0.2) is 5.10 Å². The van der Waals surface area contributed by atoms with Crippen LogP contribution in [0.2, 0.25) is 0 Å². The Morgan fingerprint density at radius 3 is 2.11 bits per heavy atom. The number of ether oxygens (including phenoxy) is 1. The molecule has 4 fully saturated rings. The summed E-state index contributed by atoms with van der Waals surface area (Å²) >= 11 is 0. The van der Waals surface area contributed by atoms with E-state index in [4.69, 9.17) is 4.74 Å². The number of Topliss-reactive ketones (excluding diaryl/α,β-unsaturated/α-hetero) is 1. The molecule has 4 saturated carbocycles. The summed E-state index contributed by atoms with van der Waals surface area (Å²) in [4.78, 5) is 13.6. The molecular formula is C31H54N2O2. The Morgan fingerprint density at radius 2 is 1.49 bits per heavy atom. The molecule has 0 aromatic rings. The summed E-state index contributed by atoms with van der Waals surface area (Å²) < 4.78 is 6.37. The number of likely N-dealkylation sites (N-methyl/N-ethyl adjacent to an activating group) is 1. The molecule has 4 nitrogen and oxygen atoms in total. The molecule has 0 heterocycles. The van der Waals surface area contributed by atoms with E-state index in [1.807, 2.05) is 19.0 Å². The zero-order chi connectivity index (χ0) is 26.1. The van der Waals surface area contributed by atoms with Crippen LogP contribution in [0.25, 0.3) is 0 Å². The Bertz CT molecular complexity index is 887. The summed E-state index contributed by atoms with van der Waals surface area (Å²) in [5.41, 5.74) is 1.31. The molecule has 0 N–H and O–H groups in total. The monoisotopic (exact) mass is 486 g/mol. The molecule has 4 aliphatic rings. The van der Waals surface area contributed by atoms with E-state index in [-0.39, 0.29) is 38.6 Å². The SMILES string of the molecule is C/C=N\N(C)CC(=O)C1CC[C@@]2(C)[C@]3(C)CC[C@]4(C)C[C@@](C)(OCC)CC[C@]4(C)[C@@]3(C)CC[C@]12C. The van der Waals surface area contributed by atoms with E-state index in [9.17, 15) is 4.79 Å². The average Bonchev–Trinajstić information content (AvgIpc) is 3.05. The topological polar surface area (TPSA) is 41.9 Å². The number of carbonyl (C=O) groups excluding carboxylic acids is 1. The largest absolute Gasteiger partial charge is 0.376 e. The number of nitrogens with zero attached hydrogens (tertiary/aromatic N) is 2. The van der Waals surface area contributed by atoms with Gasteiger partial charge in [0.15, 0.2) is 5.78 Å². The molecule has 0 saturated heterocycles. The van der Waals surface area contributed by atoms with Gasteiger partial charge in [-0.3, -0.25) is 9.80 Å². The first-order valence-corrected chi connectivity index (χ1v) is 14.5. The quantitative estimate of drug-likeness (QED) is 0.288. The van der Waals surface area contributed by atoms with Crippen molar-refractivity contribution >= 4 is 12.0 Å². The smallest absolute Gasteiger partial charge is 0.157 e. The zero-order valence-electron chi connectivity index (χ0n) is 24.6. The van der Waals surface area contributed by atoms with Gasteiger partial charge in [0.1, 0.15) is 0 Å². The van der Waals surface area contributed by atoms with Gasteiger partial charge in [-0.15, -0.1) is 0 Å². The Balaban J connectivity index is 1.70. The third-order valence-electron chi connectivity index (χ3n) is 13.8. The van der Waals surface area contributed by atoms with Crippen LogP contribution < -0.4 is 0 Å². The zero-order valence-corrected chi connectivity index (χ0v) is 24.6. The first-order valence-electron chi connectivity index (χ1n) is 14.5. The van der Waals surface area contributed by atoms with Crippen molar-refractivity contribution in [2.75, 3.05) is 20.2 Å². The van der Waals surface area contributed by atoms with Crippen LogP contribution in [0.1, 0.15) is 120 Å². The second-order valence-corrected chi connectivity index (χ2v) is 14.6. The van der Waals surface area contributed by atoms with E-state index >= 15 is 0 Å². The number of rotatable bonds is 6. The molecule has 200 valence electrons. The molecule has 0 radical (unpaired) electrons. The fourth-order valence-electron chi connectivity index (χ4n) is 10.9. The average molecular weight is 487 g/mol. The van der Waals surface area contributed by atoms with Crippen molar-refractivity contribution < 1.29 is 9.53 Å². The third-order valence-corrected chi connectivity index (χ3v) is 13.8. The van der Waals surface area contributed by atoms with Crippen LogP contribution in [-0.2, 0) is 9.53 Å². The lowest BCUT2D eigenvalue weighted by Gasteiger charge is -2.77. The highest BCUT2D eigenvalue weighted by Gasteiger charge is 2.77. The van der Waals surface area contributed by atoms with E-state index in [2.05, 4.69) is 60.5 Å². The Hall–Kier alpha value is -0.900. The molecule has 1 unspecified atom stereocenters. The lowest BCUT2D eigenvalue weighted by Crippen LogP contribution is -2.71. The second-order valence-electron chi connectivity index (χ2n) is 14.6. The fraction of sp³-hybridized carbons (Fsp3) is 0.935. The first kappa shape index (κ1) is 27.1. The van der Waals surface area contributed by atoms with Gasteiger partial charge in [0.05, 0.1) is 12.1 Å². The van der Waals surface area contributed by atoms with Gasteiger partial charge in [-0.1, -0.05) is 41.5 Å². The Labute approximate surface area is 216 Å². The standard InChI is InChI=1S/C31H54N2O2/c1-11-32-33(10)21-24(34)23-13-14-29(7)27(23,5)17-20-30(8)28(6)19-16-26(4,35-12-2)22-25(28,3)15-18-31(29,30)9/h11,23H,12-22H2,1-10H3/b32-11-/t23?,25-,26+,27-,28+,29-,30-,31+/m1/s1. The van der Waals surface area contributed by atoms with E-state index in [1.54, 1.807) is 6.21 Å². The molecule has 4 rings (SSSR count). The van der Waals surface area contributed by atoms with Gasteiger partial charge >= 0.3 is 0 Å². The molecule has 0 aromatic carbocycles. The van der Waals surface area contributed by atoms with Crippen molar-refractivity contribution in [3.05, 3.63) is 0 Å². The lowest BCUT2D eigenvalue weighted by atomic mass is 9.27. The van der Waals surface area contributed by atoms with E-state index in [0.717, 1.165) is 19.4 Å². The van der Waals surface area contributed by atoms with Gasteiger partial charge in [0.2, 0.25) is 0 Å². The van der Waals surface area contributed by atoms with Gasteiger partial charge < -0.3 is 4.74 Å². The Kier molecular flexibility index (Phi) is 6.44. The molecule has 0 amide bonds. The number of hydrogen-bond donors (Lipinski definition) is 0. The molecule has 0 aromatic heterocycles. The third kappa shape index (κ3) is 3.33. The highest BCUT2D eigenvalue weighted by molar-refractivity contribution is 5.84. The molecular weight excluding hydrogens is 432 g/mol. The second kappa shape index (κ2) is 8.30. The summed E-state index contributed by atoms with van der Waals surface area (Å²) in [6, 6.07) is 0. The van der Waals surface area contributed by atoms with Crippen molar-refractivity contribution in [3.63, 3.8) is 0 Å². The van der Waals surface area contributed by atoms with Crippen molar-refractivity contribution in [3.8, 4) is 0 Å². The summed E-state index contributed by atoms with van der Waals surface area (Å²) in [5, 5.41) is 6.15. The van der Waals surface area contributed by atoms with Crippen LogP contribution in [0.4, 0.5) is 0 Å². The predicted molar refractivity (Wildman–Crippen MR) is 146 cm³/mol. The Morgan fingerprint density at radius 1 is 0.886 bits per heavy atom. The number of fused-ring (bicyclic) bond motifs is 5. The molecule has 0 spiro atoms. The van der Waals surface area contributed by atoms with E-state index < -0.39 is 0 Å². The van der Waals surface area contributed by atoms with Crippen LogP contribution in [0.3, 0.4) is 0 Å². The van der Waals surface area contributed by atoms with Crippen molar-refractivity contribution in [2.45, 2.75) is 126 Å². The number of hydrogen-bond acceptors (Lipinski definition) is 4. The minimum absolute atomic E-state index is 0.0120. The van der Waals surface area contributed by atoms with Gasteiger partial charge in [-0.25, -0.2) is 0 Å². The molecule has 0 bridgehead atoms. The van der Waals surface area contributed by atoms with Gasteiger partial charge in [0.25, 0.3) is 0 Å². The first-order chi connectivity index (χ1) is 16.1.